The molecular formula is C14H26O. The lowest BCUT2D eigenvalue weighted by atomic mass is 9.75. The highest BCUT2D eigenvalue weighted by atomic mass is 16.5. The van der Waals surface area contributed by atoms with Gasteiger partial charge < -0.3 is 4.74 Å². The highest BCUT2D eigenvalue weighted by Crippen LogP contribution is 2.55. The minimum absolute atomic E-state index is 0.614. The molecule has 88 valence electrons. The fourth-order valence-electron chi connectivity index (χ4n) is 4.24. The third-order valence-corrected chi connectivity index (χ3v) is 4.77. The zero-order valence-corrected chi connectivity index (χ0v) is 10.5. The van der Waals surface area contributed by atoms with Crippen molar-refractivity contribution < 1.29 is 4.74 Å². The fraction of sp³-hybridized carbons (Fsp3) is 1.00. The molecule has 0 aromatic heterocycles. The largest absolute Gasteiger partial charge is 0.378 e. The van der Waals surface area contributed by atoms with E-state index in [4.69, 9.17) is 4.74 Å². The first-order valence-corrected chi connectivity index (χ1v) is 6.93. The van der Waals surface area contributed by atoms with E-state index in [2.05, 4.69) is 20.8 Å². The molecule has 2 rings (SSSR count). The second-order valence-electron chi connectivity index (χ2n) is 5.45. The Morgan fingerprint density at radius 2 is 1.73 bits per heavy atom. The first-order chi connectivity index (χ1) is 7.31. The average molecular weight is 210 g/mol. The Morgan fingerprint density at radius 3 is 2.33 bits per heavy atom. The van der Waals surface area contributed by atoms with Crippen molar-refractivity contribution in [3.8, 4) is 0 Å². The van der Waals surface area contributed by atoms with Gasteiger partial charge in [0.25, 0.3) is 0 Å². The van der Waals surface area contributed by atoms with Gasteiger partial charge in [0, 0.05) is 6.61 Å². The highest BCUT2D eigenvalue weighted by Gasteiger charge is 2.51. The summed E-state index contributed by atoms with van der Waals surface area (Å²) in [6, 6.07) is 0. The summed E-state index contributed by atoms with van der Waals surface area (Å²) in [7, 11) is 0. The molecule has 2 bridgehead atoms. The van der Waals surface area contributed by atoms with Gasteiger partial charge >= 0.3 is 0 Å². The molecule has 2 fully saturated rings. The lowest BCUT2D eigenvalue weighted by Crippen LogP contribution is -2.32. The normalized spacial score (nSPS) is 43.8. The maximum Gasteiger partial charge on any atom is 0.0608 e. The maximum atomic E-state index is 6.01. The van der Waals surface area contributed by atoms with E-state index >= 15 is 0 Å². The third kappa shape index (κ3) is 1.95. The second kappa shape index (κ2) is 4.86. The smallest absolute Gasteiger partial charge is 0.0608 e. The molecule has 2 aliphatic carbocycles. The van der Waals surface area contributed by atoms with E-state index in [1.54, 1.807) is 0 Å². The second-order valence-corrected chi connectivity index (χ2v) is 5.45. The van der Waals surface area contributed by atoms with Crippen molar-refractivity contribution >= 4 is 0 Å². The molecule has 0 spiro atoms. The molecule has 2 saturated carbocycles. The van der Waals surface area contributed by atoms with E-state index in [9.17, 15) is 0 Å². The van der Waals surface area contributed by atoms with Gasteiger partial charge in [-0.3, -0.25) is 0 Å². The topological polar surface area (TPSA) is 9.23 Å². The van der Waals surface area contributed by atoms with Crippen LogP contribution in [0.4, 0.5) is 0 Å². The quantitative estimate of drug-likeness (QED) is 0.669. The van der Waals surface area contributed by atoms with E-state index in [0.717, 1.165) is 30.3 Å². The molecule has 0 saturated heterocycles. The van der Waals surface area contributed by atoms with E-state index in [0.29, 0.717) is 6.10 Å². The Bertz CT molecular complexity index is 202. The Labute approximate surface area is 94.6 Å². The van der Waals surface area contributed by atoms with E-state index in [1.165, 1.54) is 32.1 Å². The summed E-state index contributed by atoms with van der Waals surface area (Å²) in [5, 5.41) is 0. The molecule has 0 aromatic carbocycles. The minimum atomic E-state index is 0.614. The molecule has 0 heterocycles. The molecular weight excluding hydrogens is 184 g/mol. The van der Waals surface area contributed by atoms with E-state index in [-0.39, 0.29) is 0 Å². The molecule has 2 aliphatic rings. The van der Waals surface area contributed by atoms with Crippen molar-refractivity contribution in [2.75, 3.05) is 6.61 Å². The molecule has 0 N–H and O–H groups in total. The third-order valence-electron chi connectivity index (χ3n) is 4.77. The minimum Gasteiger partial charge on any atom is -0.378 e. The summed E-state index contributed by atoms with van der Waals surface area (Å²) >= 11 is 0. The van der Waals surface area contributed by atoms with Gasteiger partial charge in [0.05, 0.1) is 6.10 Å². The predicted molar refractivity (Wildman–Crippen MR) is 63.8 cm³/mol. The molecule has 0 radical (unpaired) electrons. The van der Waals surface area contributed by atoms with Crippen molar-refractivity contribution in [1.29, 1.82) is 0 Å². The van der Waals surface area contributed by atoms with Crippen LogP contribution in [0.2, 0.25) is 0 Å². The lowest BCUT2D eigenvalue weighted by molar-refractivity contribution is -0.0171. The standard InChI is InChI=1S/C14H26O/c1-4-7-15-14-9-10-8-13(14)12(6-3)11(10)5-2/h10-14H,4-9H2,1-3H3. The van der Waals surface area contributed by atoms with Crippen molar-refractivity contribution in [2.45, 2.75) is 59.0 Å². The predicted octanol–water partition coefficient (Wildman–Crippen LogP) is 3.87. The molecule has 5 unspecified atom stereocenters. The van der Waals surface area contributed by atoms with Crippen LogP contribution >= 0.6 is 0 Å². The van der Waals surface area contributed by atoms with Crippen LogP contribution in [-0.2, 0) is 4.74 Å². The van der Waals surface area contributed by atoms with Gasteiger partial charge in [-0.15, -0.1) is 0 Å². The summed E-state index contributed by atoms with van der Waals surface area (Å²) in [5.74, 6) is 3.88. The van der Waals surface area contributed by atoms with Gasteiger partial charge in [-0.1, -0.05) is 33.6 Å². The van der Waals surface area contributed by atoms with Crippen molar-refractivity contribution in [1.82, 2.24) is 0 Å². The van der Waals surface area contributed by atoms with Gasteiger partial charge in [0.1, 0.15) is 0 Å². The SMILES string of the molecule is CCCOC1CC2CC1C(CC)C2CC. The molecule has 0 amide bonds. The summed E-state index contributed by atoms with van der Waals surface area (Å²) in [4.78, 5) is 0. The van der Waals surface area contributed by atoms with E-state index in [1.807, 2.05) is 0 Å². The Morgan fingerprint density at radius 1 is 1.00 bits per heavy atom. The van der Waals surface area contributed by atoms with Gasteiger partial charge in [-0.25, -0.2) is 0 Å². The molecule has 0 aromatic rings. The summed E-state index contributed by atoms with van der Waals surface area (Å²) in [6.07, 6.45) is 7.36. The molecule has 15 heavy (non-hydrogen) atoms. The number of hydrogen-bond acceptors (Lipinski definition) is 1. The van der Waals surface area contributed by atoms with Crippen molar-refractivity contribution in [3.63, 3.8) is 0 Å². The zero-order chi connectivity index (χ0) is 10.8. The maximum absolute atomic E-state index is 6.01. The fourth-order valence-corrected chi connectivity index (χ4v) is 4.24. The van der Waals surface area contributed by atoms with Gasteiger partial charge in [-0.05, 0) is 42.9 Å². The average Bonchev–Trinajstić information content (AvgIpc) is 2.81. The van der Waals surface area contributed by atoms with Crippen LogP contribution in [0.5, 0.6) is 0 Å². The van der Waals surface area contributed by atoms with Crippen LogP contribution in [0.25, 0.3) is 0 Å². The molecule has 1 heteroatoms. The Balaban J connectivity index is 1.95. The number of rotatable bonds is 5. The van der Waals surface area contributed by atoms with E-state index < -0.39 is 0 Å². The van der Waals surface area contributed by atoms with Crippen LogP contribution in [0.15, 0.2) is 0 Å². The van der Waals surface area contributed by atoms with Crippen LogP contribution in [0, 0.1) is 23.7 Å². The summed E-state index contributed by atoms with van der Waals surface area (Å²) < 4.78 is 6.01. The summed E-state index contributed by atoms with van der Waals surface area (Å²) in [6.45, 7) is 7.92. The van der Waals surface area contributed by atoms with Crippen molar-refractivity contribution in [2.24, 2.45) is 23.7 Å². The summed E-state index contributed by atoms with van der Waals surface area (Å²) in [5.41, 5.74) is 0. The molecule has 1 nitrogen and oxygen atoms in total. The molecule has 0 aliphatic heterocycles. The van der Waals surface area contributed by atoms with Crippen LogP contribution in [0.3, 0.4) is 0 Å². The zero-order valence-electron chi connectivity index (χ0n) is 10.5. The van der Waals surface area contributed by atoms with Crippen molar-refractivity contribution in [3.05, 3.63) is 0 Å². The number of fused-ring (bicyclic) bond motifs is 2. The Hall–Kier alpha value is -0.0400. The number of ether oxygens (including phenoxy) is 1. The van der Waals surface area contributed by atoms with Gasteiger partial charge in [-0.2, -0.15) is 0 Å². The lowest BCUT2D eigenvalue weighted by Gasteiger charge is -2.34. The Kier molecular flexibility index (Phi) is 3.71. The first kappa shape index (κ1) is 11.4. The van der Waals surface area contributed by atoms with Crippen LogP contribution in [0.1, 0.15) is 52.9 Å². The van der Waals surface area contributed by atoms with Crippen LogP contribution in [-0.4, -0.2) is 12.7 Å². The van der Waals surface area contributed by atoms with Gasteiger partial charge in [0.2, 0.25) is 0 Å². The molecule has 5 atom stereocenters. The number of hydrogen-bond donors (Lipinski definition) is 0. The highest BCUT2D eigenvalue weighted by molar-refractivity contribution is 5.00. The van der Waals surface area contributed by atoms with Gasteiger partial charge in [0.15, 0.2) is 0 Å². The monoisotopic (exact) mass is 210 g/mol. The van der Waals surface area contributed by atoms with Crippen LogP contribution < -0.4 is 0 Å². The first-order valence-electron chi connectivity index (χ1n) is 6.93.